The third-order valence-corrected chi connectivity index (χ3v) is 4.82. The first-order valence-corrected chi connectivity index (χ1v) is 8.74. The molecule has 0 heterocycles. The molecule has 40 heavy (non-hydrogen) atoms. The molecule has 26 heteroatoms. The Morgan fingerprint density at radius 2 is 0.450 bits per heavy atom. The van der Waals surface area contributed by atoms with E-state index in [9.17, 15) is 110 Å². The normalized spacial score (nSPS) is 16.9. The Balaban J connectivity index is 7.30. The molecule has 2 N–H and O–H groups in total. The molecule has 0 aliphatic carbocycles. The van der Waals surface area contributed by atoms with Crippen LogP contribution in [0, 0.1) is 0 Å². The highest BCUT2D eigenvalue weighted by molar-refractivity contribution is 5.19. The monoisotopic (exact) mass is 663 g/mol. The Bertz CT molecular complexity index is 909. The maximum absolute atomic E-state index is 13.6. The van der Waals surface area contributed by atoms with E-state index in [2.05, 4.69) is 5.73 Å². The smallest absolute Gasteiger partial charge is 0.330 e. The van der Waals surface area contributed by atoms with Crippen LogP contribution in [0.5, 0.6) is 0 Å². The Kier molecular flexibility index (Phi) is 8.94. The van der Waals surface area contributed by atoms with Crippen molar-refractivity contribution in [2.75, 3.05) is 6.54 Å². The van der Waals surface area contributed by atoms with Gasteiger partial charge in [0, 0.05) is 6.42 Å². The second kappa shape index (κ2) is 9.36. The molecule has 0 rings (SSSR count). The second-order valence-corrected chi connectivity index (χ2v) is 7.48. The average Bonchev–Trinajstić information content (AvgIpc) is 2.71. The van der Waals surface area contributed by atoms with Crippen molar-refractivity contribution in [2.45, 2.75) is 77.7 Å². The van der Waals surface area contributed by atoms with Gasteiger partial charge in [0.05, 0.1) is 0 Å². The average molecular weight is 663 g/mol. The van der Waals surface area contributed by atoms with Crippen LogP contribution < -0.4 is 5.73 Å². The van der Waals surface area contributed by atoms with Gasteiger partial charge in [-0.25, -0.2) is 0 Å². The molecule has 0 atom stereocenters. The van der Waals surface area contributed by atoms with E-state index in [0.717, 1.165) is 0 Å². The molecule has 0 saturated carbocycles. The van der Waals surface area contributed by atoms with Crippen LogP contribution >= 0.6 is 0 Å². The molecule has 0 bridgehead atoms. The van der Waals surface area contributed by atoms with E-state index in [1.165, 1.54) is 0 Å². The number of alkyl halides is 25. The molecule has 0 amide bonds. The SMILES string of the molecule is NCCC(F)(F)C(F)(F)C(F)(F)C(F)(F)C(F)(F)C(F)(F)C(F)(F)C(F)(F)C(F)(F)C(F)(F)C(F)(F)C(F)(F)F. The molecule has 0 aromatic heterocycles. The highest BCUT2D eigenvalue weighted by atomic mass is 19.4. The quantitative estimate of drug-likeness (QED) is 0.212. The van der Waals surface area contributed by atoms with Crippen molar-refractivity contribution >= 4 is 0 Å². The van der Waals surface area contributed by atoms with E-state index in [0.29, 0.717) is 0 Å². The van der Waals surface area contributed by atoms with Gasteiger partial charge in [0.1, 0.15) is 0 Å². The minimum Gasteiger partial charge on any atom is -0.330 e. The molecule has 1 nitrogen and oxygen atoms in total. The van der Waals surface area contributed by atoms with Crippen LogP contribution in [0.3, 0.4) is 0 Å². The van der Waals surface area contributed by atoms with Crippen molar-refractivity contribution in [1.29, 1.82) is 0 Å². The van der Waals surface area contributed by atoms with E-state index in [4.69, 9.17) is 0 Å². The van der Waals surface area contributed by atoms with Crippen molar-refractivity contribution in [2.24, 2.45) is 5.73 Å². The lowest BCUT2D eigenvalue weighted by Crippen LogP contribution is -2.78. The molecule has 0 unspecified atom stereocenters. The summed E-state index contributed by atoms with van der Waals surface area (Å²) in [6, 6.07) is 0. The summed E-state index contributed by atoms with van der Waals surface area (Å²) >= 11 is 0. The molecule has 0 aromatic rings. The maximum Gasteiger partial charge on any atom is 0.460 e. The summed E-state index contributed by atoms with van der Waals surface area (Å²) in [6.07, 6.45) is -11.1. The van der Waals surface area contributed by atoms with Crippen LogP contribution in [0.25, 0.3) is 0 Å². The van der Waals surface area contributed by atoms with E-state index in [-0.39, 0.29) is 0 Å². The van der Waals surface area contributed by atoms with Crippen LogP contribution in [-0.4, -0.2) is 77.9 Å². The highest BCUT2D eigenvalue weighted by Crippen LogP contribution is 2.67. The Labute approximate surface area is 201 Å². The third kappa shape index (κ3) is 4.38. The van der Waals surface area contributed by atoms with Crippen molar-refractivity contribution in [1.82, 2.24) is 0 Å². The number of halogens is 25. The van der Waals surface area contributed by atoms with Gasteiger partial charge >= 0.3 is 71.3 Å². The zero-order chi connectivity index (χ0) is 33.4. The first-order chi connectivity index (χ1) is 16.8. The Morgan fingerprint density at radius 3 is 0.625 bits per heavy atom. The van der Waals surface area contributed by atoms with Crippen molar-refractivity contribution in [3.8, 4) is 0 Å². The molecular formula is C14H6F25N. The standard InChI is InChI=1S/C14H6F25N/c15-3(16,1-2-40)4(17,18)5(19,20)6(21,22)7(23,24)8(25,26)9(27,28)10(29,30)11(31,32)12(33,34)13(35,36)14(37,38)39/h1-2,40H2. The van der Waals surface area contributed by atoms with Crippen LogP contribution in [0.15, 0.2) is 0 Å². The van der Waals surface area contributed by atoms with Crippen LogP contribution in [-0.2, 0) is 0 Å². The molecule has 0 aliphatic rings. The fraction of sp³-hybridized carbons (Fsp3) is 1.00. The fourth-order valence-electron chi connectivity index (χ4n) is 2.32. The summed E-state index contributed by atoms with van der Waals surface area (Å²) in [6.45, 7) is -1.92. The van der Waals surface area contributed by atoms with Gasteiger partial charge in [0.15, 0.2) is 0 Å². The summed E-state index contributed by atoms with van der Waals surface area (Å²) in [4.78, 5) is 0. The maximum atomic E-state index is 13.6. The first-order valence-electron chi connectivity index (χ1n) is 8.74. The zero-order valence-corrected chi connectivity index (χ0v) is 17.4. The molecule has 0 saturated heterocycles. The minimum atomic E-state index is -9.58. The van der Waals surface area contributed by atoms with Crippen LogP contribution in [0.4, 0.5) is 110 Å². The summed E-state index contributed by atoms with van der Waals surface area (Å²) in [5.41, 5.74) is 4.20. The van der Waals surface area contributed by atoms with E-state index in [1.54, 1.807) is 0 Å². The van der Waals surface area contributed by atoms with Gasteiger partial charge in [0.2, 0.25) is 0 Å². The summed E-state index contributed by atoms with van der Waals surface area (Å²) < 4.78 is 329. The van der Waals surface area contributed by atoms with Gasteiger partial charge < -0.3 is 5.73 Å². The first kappa shape index (κ1) is 38.2. The largest absolute Gasteiger partial charge is 0.460 e. The summed E-state index contributed by atoms with van der Waals surface area (Å²) in [5.74, 6) is -98.0. The molecule has 0 aliphatic heterocycles. The molecule has 242 valence electrons. The lowest BCUT2D eigenvalue weighted by molar-refractivity contribution is -0.482. The van der Waals surface area contributed by atoms with Gasteiger partial charge in [-0.1, -0.05) is 0 Å². The van der Waals surface area contributed by atoms with Crippen molar-refractivity contribution in [3.05, 3.63) is 0 Å². The van der Waals surface area contributed by atoms with Gasteiger partial charge in [-0.05, 0) is 6.54 Å². The van der Waals surface area contributed by atoms with Gasteiger partial charge in [0.25, 0.3) is 0 Å². The molecule has 0 fully saturated rings. The fourth-order valence-corrected chi connectivity index (χ4v) is 2.32. The Morgan fingerprint density at radius 1 is 0.275 bits per heavy atom. The number of rotatable bonds is 12. The van der Waals surface area contributed by atoms with E-state index < -0.39 is 84.3 Å². The van der Waals surface area contributed by atoms with Crippen molar-refractivity contribution < 1.29 is 110 Å². The molecule has 0 radical (unpaired) electrons. The lowest BCUT2D eigenvalue weighted by Gasteiger charge is -2.45. The number of hydrogen-bond acceptors (Lipinski definition) is 1. The molecule has 0 spiro atoms. The summed E-state index contributed by atoms with van der Waals surface area (Å²) in [5, 5.41) is 0. The predicted octanol–water partition coefficient (Wildman–Crippen LogP) is 7.89. The van der Waals surface area contributed by atoms with Crippen molar-refractivity contribution in [3.63, 3.8) is 0 Å². The van der Waals surface area contributed by atoms with Gasteiger partial charge in [-0.2, -0.15) is 110 Å². The topological polar surface area (TPSA) is 26.0 Å². The predicted molar refractivity (Wildman–Crippen MR) is 74.1 cm³/mol. The minimum absolute atomic E-state index is 1.92. The van der Waals surface area contributed by atoms with Gasteiger partial charge in [-0.15, -0.1) is 0 Å². The Hall–Kier alpha value is -1.79. The zero-order valence-electron chi connectivity index (χ0n) is 17.4. The number of hydrogen-bond donors (Lipinski definition) is 1. The van der Waals surface area contributed by atoms with E-state index >= 15 is 0 Å². The lowest BCUT2D eigenvalue weighted by atomic mass is 9.84. The van der Waals surface area contributed by atoms with Gasteiger partial charge in [-0.3, -0.25) is 0 Å². The van der Waals surface area contributed by atoms with Crippen LogP contribution in [0.1, 0.15) is 6.42 Å². The van der Waals surface area contributed by atoms with Crippen LogP contribution in [0.2, 0.25) is 0 Å². The molecule has 0 aromatic carbocycles. The summed E-state index contributed by atoms with van der Waals surface area (Å²) in [7, 11) is 0. The number of nitrogens with two attached hydrogens (primary N) is 1. The van der Waals surface area contributed by atoms with E-state index in [1.807, 2.05) is 0 Å². The molecular weight excluding hydrogens is 657 g/mol. The third-order valence-electron chi connectivity index (χ3n) is 4.82. The second-order valence-electron chi connectivity index (χ2n) is 7.48. The highest BCUT2D eigenvalue weighted by Gasteiger charge is 2.99.